The van der Waals surface area contributed by atoms with Crippen LogP contribution in [0, 0.1) is 0 Å². The number of carbonyl (C=O) groups excluding carboxylic acids is 3. The summed E-state index contributed by atoms with van der Waals surface area (Å²) in [6.45, 7) is 3.09. The lowest BCUT2D eigenvalue weighted by molar-refractivity contribution is -0.145. The van der Waals surface area contributed by atoms with Crippen molar-refractivity contribution in [3.63, 3.8) is 0 Å². The maximum atomic E-state index is 11.8. The van der Waals surface area contributed by atoms with Crippen LogP contribution in [0.5, 0.6) is 0 Å². The molecule has 0 aromatic heterocycles. The van der Waals surface area contributed by atoms with E-state index < -0.39 is 12.1 Å². The van der Waals surface area contributed by atoms with Gasteiger partial charge >= 0.3 is 12.1 Å². The summed E-state index contributed by atoms with van der Waals surface area (Å²) in [5.41, 5.74) is 0. The summed E-state index contributed by atoms with van der Waals surface area (Å²) in [6.07, 6.45) is 21.7. The number of carbonyl (C=O) groups is 3. The minimum Gasteiger partial charge on any atom is -0.464 e. The maximum absolute atomic E-state index is 11.8. The Morgan fingerprint density at radius 3 is 1.68 bits per heavy atom. The van der Waals surface area contributed by atoms with Crippen molar-refractivity contribution in [3.05, 3.63) is 0 Å². The number of likely N-dealkylation sites (N-methyl/N-ethyl adjacent to an activating group) is 1. The van der Waals surface area contributed by atoms with Gasteiger partial charge in [0.05, 0.1) is 12.5 Å². The van der Waals surface area contributed by atoms with Crippen LogP contribution in [-0.2, 0) is 19.1 Å². The molecule has 0 fully saturated rings. The average molecular weight is 485 g/mol. The number of ether oxygens (including phenoxy) is 2. The number of esters is 1. The highest BCUT2D eigenvalue weighted by molar-refractivity contribution is 5.72. The van der Waals surface area contributed by atoms with Crippen molar-refractivity contribution in [2.45, 2.75) is 129 Å². The van der Waals surface area contributed by atoms with E-state index in [2.05, 4.69) is 17.6 Å². The number of amides is 1. The van der Waals surface area contributed by atoms with Gasteiger partial charge in [0.1, 0.15) is 19.5 Å². The van der Waals surface area contributed by atoms with Crippen LogP contribution in [0.25, 0.3) is 0 Å². The van der Waals surface area contributed by atoms with Crippen LogP contribution in [0.2, 0.25) is 0 Å². The van der Waals surface area contributed by atoms with Gasteiger partial charge in [-0.05, 0) is 13.5 Å². The highest BCUT2D eigenvalue weighted by Gasteiger charge is 2.12. The summed E-state index contributed by atoms with van der Waals surface area (Å²) < 4.78 is 10.2. The average Bonchev–Trinajstić information content (AvgIpc) is 2.84. The van der Waals surface area contributed by atoms with Crippen molar-refractivity contribution in [1.82, 2.24) is 10.6 Å². The molecule has 0 aromatic rings. The van der Waals surface area contributed by atoms with Crippen LogP contribution in [0.3, 0.4) is 0 Å². The maximum Gasteiger partial charge on any atom is 0.407 e. The van der Waals surface area contributed by atoms with Gasteiger partial charge in [-0.1, -0.05) is 103 Å². The monoisotopic (exact) mass is 484 g/mol. The van der Waals surface area contributed by atoms with Crippen molar-refractivity contribution in [1.29, 1.82) is 0 Å². The smallest absolute Gasteiger partial charge is 0.407 e. The zero-order valence-corrected chi connectivity index (χ0v) is 22.0. The number of rotatable bonds is 25. The first kappa shape index (κ1) is 32.4. The van der Waals surface area contributed by atoms with Gasteiger partial charge < -0.3 is 24.9 Å². The summed E-state index contributed by atoms with van der Waals surface area (Å²) in [6, 6.07) is -0.276. The highest BCUT2D eigenvalue weighted by Crippen LogP contribution is 2.13. The van der Waals surface area contributed by atoms with E-state index in [9.17, 15) is 14.4 Å². The van der Waals surface area contributed by atoms with Gasteiger partial charge in [0.2, 0.25) is 0 Å². The van der Waals surface area contributed by atoms with Crippen molar-refractivity contribution < 1.29 is 23.9 Å². The fraction of sp³-hybridized carbons (Fsp3) is 0.889. The number of aldehydes is 1. The normalized spacial score (nSPS) is 11.7. The standard InChI is InChI=1S/C27H52N2O5/c1-3-4-5-6-7-8-9-10-11-12-13-14-15-16-17-18-21-29-27(32)34-24-25(28-2)23-33-26(31)20-19-22-30/h22,25,28H,3-21,23-24H2,1-2H3,(H,29,32). The third-order valence-corrected chi connectivity index (χ3v) is 6.04. The molecule has 0 saturated heterocycles. The second-order valence-corrected chi connectivity index (χ2v) is 9.20. The van der Waals surface area contributed by atoms with Gasteiger partial charge in [0.25, 0.3) is 0 Å². The number of nitrogens with one attached hydrogen (secondary N) is 2. The molecule has 0 spiro atoms. The molecular formula is C27H52N2O5. The first-order valence-electron chi connectivity index (χ1n) is 13.8. The van der Waals surface area contributed by atoms with E-state index in [4.69, 9.17) is 9.47 Å². The molecule has 0 aliphatic carbocycles. The Balaban J connectivity index is 3.40. The molecule has 1 amide bonds. The minimum absolute atomic E-state index is 0.0700. The largest absolute Gasteiger partial charge is 0.464 e. The van der Waals surface area contributed by atoms with Gasteiger partial charge in [-0.2, -0.15) is 0 Å². The van der Waals surface area contributed by atoms with Gasteiger partial charge in [0.15, 0.2) is 0 Å². The Labute approximate surface area is 208 Å². The van der Waals surface area contributed by atoms with Crippen molar-refractivity contribution in [2.24, 2.45) is 0 Å². The highest BCUT2D eigenvalue weighted by atomic mass is 16.6. The van der Waals surface area contributed by atoms with Crippen LogP contribution in [0.15, 0.2) is 0 Å². The number of unbranched alkanes of at least 4 members (excludes halogenated alkanes) is 15. The van der Waals surface area contributed by atoms with E-state index in [1.165, 1.54) is 89.9 Å². The molecule has 1 atom stereocenters. The molecule has 0 saturated carbocycles. The van der Waals surface area contributed by atoms with Crippen LogP contribution in [0.4, 0.5) is 4.79 Å². The lowest BCUT2D eigenvalue weighted by Crippen LogP contribution is -2.38. The van der Waals surface area contributed by atoms with Gasteiger partial charge in [0, 0.05) is 13.0 Å². The van der Waals surface area contributed by atoms with Crippen molar-refractivity contribution >= 4 is 18.3 Å². The van der Waals surface area contributed by atoms with Gasteiger partial charge in [-0.15, -0.1) is 0 Å². The van der Waals surface area contributed by atoms with E-state index in [0.29, 0.717) is 12.8 Å². The van der Waals surface area contributed by atoms with E-state index in [-0.39, 0.29) is 32.1 Å². The van der Waals surface area contributed by atoms with E-state index >= 15 is 0 Å². The van der Waals surface area contributed by atoms with Crippen LogP contribution in [0.1, 0.15) is 122 Å². The van der Waals surface area contributed by atoms with Crippen LogP contribution in [-0.4, -0.2) is 51.2 Å². The molecule has 34 heavy (non-hydrogen) atoms. The molecule has 7 nitrogen and oxygen atoms in total. The Morgan fingerprint density at radius 2 is 1.21 bits per heavy atom. The molecule has 1 unspecified atom stereocenters. The second-order valence-electron chi connectivity index (χ2n) is 9.20. The molecular weight excluding hydrogens is 432 g/mol. The van der Waals surface area contributed by atoms with E-state index in [0.717, 1.165) is 12.8 Å². The molecule has 2 N–H and O–H groups in total. The predicted octanol–water partition coefficient (Wildman–Crippen LogP) is 6.08. The Morgan fingerprint density at radius 1 is 0.735 bits per heavy atom. The Hall–Kier alpha value is -1.63. The Kier molecular flexibility index (Phi) is 24.7. The molecule has 0 radical (unpaired) electrons. The van der Waals surface area contributed by atoms with Crippen LogP contribution >= 0.6 is 0 Å². The zero-order valence-electron chi connectivity index (χ0n) is 22.0. The molecule has 200 valence electrons. The minimum atomic E-state index is -0.450. The number of hydrogen-bond acceptors (Lipinski definition) is 6. The molecule has 0 rings (SSSR count). The second kappa shape index (κ2) is 26.0. The zero-order chi connectivity index (χ0) is 25.1. The van der Waals surface area contributed by atoms with E-state index in [1.807, 2.05) is 0 Å². The third-order valence-electron chi connectivity index (χ3n) is 6.04. The predicted molar refractivity (Wildman–Crippen MR) is 138 cm³/mol. The summed E-state index contributed by atoms with van der Waals surface area (Å²) in [7, 11) is 1.71. The SMILES string of the molecule is CCCCCCCCCCCCCCCCCCNC(=O)OCC(COC(=O)CCC=O)NC. The summed E-state index contributed by atoms with van der Waals surface area (Å²) in [4.78, 5) is 33.5. The summed E-state index contributed by atoms with van der Waals surface area (Å²) >= 11 is 0. The molecule has 0 bridgehead atoms. The lowest BCUT2D eigenvalue weighted by Gasteiger charge is -2.16. The van der Waals surface area contributed by atoms with Crippen molar-refractivity contribution in [3.8, 4) is 0 Å². The van der Waals surface area contributed by atoms with E-state index in [1.54, 1.807) is 7.05 Å². The van der Waals surface area contributed by atoms with Crippen molar-refractivity contribution in [2.75, 3.05) is 26.8 Å². The fourth-order valence-electron chi connectivity index (χ4n) is 3.75. The first-order chi connectivity index (χ1) is 16.6. The van der Waals surface area contributed by atoms with Crippen LogP contribution < -0.4 is 10.6 Å². The lowest BCUT2D eigenvalue weighted by atomic mass is 10.0. The Bertz CT molecular complexity index is 488. The third kappa shape index (κ3) is 23.5. The topological polar surface area (TPSA) is 93.7 Å². The number of alkyl carbamates (subject to hydrolysis) is 1. The quantitative estimate of drug-likeness (QED) is 0.0926. The summed E-state index contributed by atoms with van der Waals surface area (Å²) in [5, 5.41) is 5.71. The molecule has 0 heterocycles. The number of hydrogen-bond donors (Lipinski definition) is 2. The molecule has 0 aromatic carbocycles. The molecule has 0 aliphatic rings. The fourth-order valence-corrected chi connectivity index (χ4v) is 3.75. The van der Waals surface area contributed by atoms with Gasteiger partial charge in [-0.3, -0.25) is 4.79 Å². The van der Waals surface area contributed by atoms with Gasteiger partial charge in [-0.25, -0.2) is 4.79 Å². The first-order valence-corrected chi connectivity index (χ1v) is 13.8. The summed E-state index contributed by atoms with van der Waals surface area (Å²) in [5.74, 6) is -0.430. The molecule has 7 heteroatoms. The molecule has 0 aliphatic heterocycles.